The van der Waals surface area contributed by atoms with Crippen molar-refractivity contribution in [1.82, 2.24) is 10.2 Å². The summed E-state index contributed by atoms with van der Waals surface area (Å²) in [7, 11) is -2.94. The van der Waals surface area contributed by atoms with Crippen molar-refractivity contribution in [2.75, 3.05) is 50.9 Å². The van der Waals surface area contributed by atoms with Crippen molar-refractivity contribution in [2.24, 2.45) is 0 Å². The molecule has 0 bridgehead atoms. The number of hydrogen-bond acceptors (Lipinski definition) is 4. The molecule has 6 nitrogen and oxygen atoms in total. The van der Waals surface area contributed by atoms with Crippen molar-refractivity contribution in [3.05, 3.63) is 35.9 Å². The Hall–Kier alpha value is -1.22. The van der Waals surface area contributed by atoms with Crippen LogP contribution in [0.15, 0.2) is 30.3 Å². The molecule has 0 aromatic heterocycles. The minimum absolute atomic E-state index is 0.00883. The first kappa shape index (κ1) is 20.5. The van der Waals surface area contributed by atoms with Crippen LogP contribution in [0.5, 0.6) is 0 Å². The number of quaternary nitrogens is 1. The van der Waals surface area contributed by atoms with Gasteiger partial charge in [-0.2, -0.15) is 0 Å². The molecular weight excluding hydrogens is 382 g/mol. The minimum Gasteiger partial charge on any atom is -0.370 e. The highest BCUT2D eigenvalue weighted by Gasteiger charge is 2.33. The molecule has 8 heteroatoms. The number of morpholine rings is 1. The summed E-state index contributed by atoms with van der Waals surface area (Å²) in [5, 5.41) is 3.99. The fourth-order valence-electron chi connectivity index (χ4n) is 3.76. The Morgan fingerprint density at radius 2 is 2.00 bits per heavy atom. The van der Waals surface area contributed by atoms with E-state index >= 15 is 0 Å². The van der Waals surface area contributed by atoms with Crippen molar-refractivity contribution in [2.45, 2.75) is 25.4 Å². The summed E-state index contributed by atoms with van der Waals surface area (Å²) in [4.78, 5) is 3.67. The van der Waals surface area contributed by atoms with Gasteiger partial charge in [-0.3, -0.25) is 0 Å². The van der Waals surface area contributed by atoms with E-state index in [9.17, 15) is 8.42 Å². The molecule has 3 rings (SSSR count). The molecule has 0 saturated carbocycles. The lowest BCUT2D eigenvalue weighted by Crippen LogP contribution is -3.14. The Kier molecular flexibility index (Phi) is 7.46. The van der Waals surface area contributed by atoms with E-state index in [1.807, 2.05) is 18.2 Å². The molecule has 2 N–H and O–H groups in total. The fraction of sp³-hybridized carbons (Fsp3) is 0.632. The molecule has 0 unspecified atom stereocenters. The van der Waals surface area contributed by atoms with Gasteiger partial charge < -0.3 is 19.9 Å². The molecule has 0 radical (unpaired) electrons. The van der Waals surface area contributed by atoms with Gasteiger partial charge in [-0.25, -0.2) is 8.42 Å². The minimum atomic E-state index is -2.94. The van der Waals surface area contributed by atoms with Gasteiger partial charge in [0.05, 0.1) is 31.3 Å². The Morgan fingerprint density at radius 3 is 2.67 bits per heavy atom. The lowest BCUT2D eigenvalue weighted by atomic mass is 10.2. The van der Waals surface area contributed by atoms with E-state index in [-0.39, 0.29) is 17.5 Å². The van der Waals surface area contributed by atoms with Gasteiger partial charge >= 0.3 is 0 Å². The molecule has 1 aromatic rings. The number of benzene rings is 1. The number of nitrogens with one attached hydrogen (secondary N) is 2. The monoisotopic (exact) mass is 412 g/mol. The van der Waals surface area contributed by atoms with Crippen LogP contribution in [0.2, 0.25) is 0 Å². The second-order valence-electron chi connectivity index (χ2n) is 7.36. The molecule has 0 spiro atoms. The summed E-state index contributed by atoms with van der Waals surface area (Å²) in [6, 6.07) is 10.1. The van der Waals surface area contributed by atoms with Gasteiger partial charge in [0, 0.05) is 25.6 Å². The molecule has 2 heterocycles. The lowest BCUT2D eigenvalue weighted by Gasteiger charge is -2.32. The highest BCUT2D eigenvalue weighted by Crippen LogP contribution is 2.18. The van der Waals surface area contributed by atoms with Gasteiger partial charge in [0.25, 0.3) is 0 Å². The molecule has 0 aliphatic carbocycles. The zero-order chi connectivity index (χ0) is 19.1. The lowest BCUT2D eigenvalue weighted by molar-refractivity contribution is -0.908. The maximum Gasteiger partial charge on any atom is 0.169 e. The number of nitrogens with zero attached hydrogens (tertiary/aromatic N) is 1. The van der Waals surface area contributed by atoms with Crippen LogP contribution in [0, 0.1) is 0 Å². The summed E-state index contributed by atoms with van der Waals surface area (Å²) in [6.45, 7) is 6.28. The third kappa shape index (κ3) is 6.41. The standard InChI is InChI=1S/C19H29N3O3S2/c23-27(24)14-7-18(16-27)22(9-4-8-21-10-12-25-13-11-21)19(26)20-15-17-5-2-1-3-6-17/h1-3,5-6,18H,4,7-16H2,(H,20,26)/p+1/t18-/m0/s1. The van der Waals surface area contributed by atoms with Gasteiger partial charge in [0.2, 0.25) is 0 Å². The van der Waals surface area contributed by atoms with Crippen LogP contribution in [0.1, 0.15) is 18.4 Å². The summed E-state index contributed by atoms with van der Waals surface area (Å²) < 4.78 is 29.3. The Bertz CT molecular complexity index is 706. The van der Waals surface area contributed by atoms with E-state index in [0.29, 0.717) is 18.1 Å². The number of sulfone groups is 1. The average Bonchev–Trinajstić information content (AvgIpc) is 3.04. The Labute approximate surface area is 167 Å². The molecule has 0 amide bonds. The molecule has 2 fully saturated rings. The topological polar surface area (TPSA) is 63.1 Å². The first-order valence-electron chi connectivity index (χ1n) is 9.74. The van der Waals surface area contributed by atoms with Crippen molar-refractivity contribution in [3.8, 4) is 0 Å². The highest BCUT2D eigenvalue weighted by molar-refractivity contribution is 7.91. The van der Waals surface area contributed by atoms with Crippen molar-refractivity contribution < 1.29 is 18.1 Å². The van der Waals surface area contributed by atoms with E-state index in [2.05, 4.69) is 22.3 Å². The summed E-state index contributed by atoms with van der Waals surface area (Å²) in [5.41, 5.74) is 1.16. The van der Waals surface area contributed by atoms with E-state index in [0.717, 1.165) is 51.4 Å². The molecule has 2 aliphatic rings. The quantitative estimate of drug-likeness (QED) is 0.608. The van der Waals surface area contributed by atoms with Gasteiger partial charge in [0.15, 0.2) is 14.9 Å². The van der Waals surface area contributed by atoms with Gasteiger partial charge in [0.1, 0.15) is 13.1 Å². The number of ether oxygens (including phenoxy) is 1. The Balaban J connectivity index is 1.55. The van der Waals surface area contributed by atoms with Gasteiger partial charge in [-0.05, 0) is 24.2 Å². The number of hydrogen-bond donors (Lipinski definition) is 2. The zero-order valence-corrected chi connectivity index (χ0v) is 17.4. The normalized spacial score (nSPS) is 22.4. The molecular formula is C19H30N3O3S2+. The van der Waals surface area contributed by atoms with Gasteiger partial charge in [-0.1, -0.05) is 30.3 Å². The number of thiocarbonyl (C=S) groups is 1. The maximum absolute atomic E-state index is 12.0. The predicted octanol–water partition coefficient (Wildman–Crippen LogP) is -0.145. The van der Waals surface area contributed by atoms with E-state index in [1.165, 1.54) is 0 Å². The van der Waals surface area contributed by atoms with Crippen molar-refractivity contribution in [1.29, 1.82) is 0 Å². The third-order valence-corrected chi connectivity index (χ3v) is 7.46. The first-order valence-corrected chi connectivity index (χ1v) is 12.0. The van der Waals surface area contributed by atoms with Gasteiger partial charge in [-0.15, -0.1) is 0 Å². The van der Waals surface area contributed by atoms with Crippen molar-refractivity contribution in [3.63, 3.8) is 0 Å². The van der Waals surface area contributed by atoms with Crippen LogP contribution < -0.4 is 10.2 Å². The van der Waals surface area contributed by atoms with Crippen LogP contribution in [0.25, 0.3) is 0 Å². The van der Waals surface area contributed by atoms with Crippen LogP contribution in [0.4, 0.5) is 0 Å². The number of rotatable bonds is 7. The fourth-order valence-corrected chi connectivity index (χ4v) is 5.80. The second kappa shape index (κ2) is 9.82. The second-order valence-corrected chi connectivity index (χ2v) is 9.98. The largest absolute Gasteiger partial charge is 0.370 e. The summed E-state index contributed by atoms with van der Waals surface area (Å²) >= 11 is 5.65. The molecule has 1 aromatic carbocycles. The van der Waals surface area contributed by atoms with Crippen LogP contribution in [-0.4, -0.2) is 75.4 Å². The van der Waals surface area contributed by atoms with E-state index < -0.39 is 9.84 Å². The van der Waals surface area contributed by atoms with Crippen LogP contribution in [0.3, 0.4) is 0 Å². The first-order chi connectivity index (χ1) is 13.0. The molecule has 150 valence electrons. The SMILES string of the molecule is O=S1(=O)CC[C@H](N(CCC[NH+]2CCOCC2)C(=S)NCc2ccccc2)C1. The molecule has 2 saturated heterocycles. The Morgan fingerprint density at radius 1 is 1.26 bits per heavy atom. The van der Waals surface area contributed by atoms with E-state index in [4.69, 9.17) is 17.0 Å². The van der Waals surface area contributed by atoms with E-state index in [1.54, 1.807) is 4.90 Å². The summed E-state index contributed by atoms with van der Waals surface area (Å²) in [5.74, 6) is 0.481. The van der Waals surface area contributed by atoms with Crippen LogP contribution in [-0.2, 0) is 21.1 Å². The van der Waals surface area contributed by atoms with Crippen LogP contribution >= 0.6 is 12.2 Å². The third-order valence-electron chi connectivity index (χ3n) is 5.33. The molecule has 2 aliphatic heterocycles. The maximum atomic E-state index is 12.0. The zero-order valence-electron chi connectivity index (χ0n) is 15.7. The average molecular weight is 413 g/mol. The molecule has 1 atom stereocenters. The van der Waals surface area contributed by atoms with Crippen molar-refractivity contribution >= 4 is 27.2 Å². The smallest absolute Gasteiger partial charge is 0.169 e. The molecule has 27 heavy (non-hydrogen) atoms. The predicted molar refractivity (Wildman–Crippen MR) is 111 cm³/mol. The highest BCUT2D eigenvalue weighted by atomic mass is 32.2. The summed E-state index contributed by atoms with van der Waals surface area (Å²) in [6.07, 6.45) is 1.67.